The standard InChI is InChI=1S/C20H26N4O/c1-2-10-21-20(25)17-14-24-12-11-23(13-15-8-9-15)18(19(24)22-17)16-6-4-3-5-7-16/h3-7,14-15,18H,2,8-13H2,1H3,(H,21,25). The van der Waals surface area contributed by atoms with Gasteiger partial charge in [0.1, 0.15) is 11.5 Å². The van der Waals surface area contributed by atoms with Crippen LogP contribution in [0.4, 0.5) is 0 Å². The van der Waals surface area contributed by atoms with Crippen molar-refractivity contribution in [2.45, 2.75) is 38.8 Å². The molecule has 1 aromatic heterocycles. The molecule has 1 aliphatic carbocycles. The van der Waals surface area contributed by atoms with Crippen molar-refractivity contribution in [3.05, 3.63) is 53.6 Å². The van der Waals surface area contributed by atoms with Crippen LogP contribution in [0.5, 0.6) is 0 Å². The van der Waals surface area contributed by atoms with Gasteiger partial charge in [-0.15, -0.1) is 0 Å². The van der Waals surface area contributed by atoms with Crippen molar-refractivity contribution < 1.29 is 4.79 Å². The zero-order chi connectivity index (χ0) is 17.2. The average Bonchev–Trinajstić information content (AvgIpc) is 3.35. The Labute approximate surface area is 149 Å². The molecule has 1 amide bonds. The van der Waals surface area contributed by atoms with Crippen LogP contribution in [0.15, 0.2) is 36.5 Å². The molecule has 1 aliphatic heterocycles. The van der Waals surface area contributed by atoms with Gasteiger partial charge >= 0.3 is 0 Å². The van der Waals surface area contributed by atoms with Gasteiger partial charge in [-0.2, -0.15) is 0 Å². The number of carbonyl (C=O) groups is 1. The Morgan fingerprint density at radius 1 is 1.24 bits per heavy atom. The SMILES string of the molecule is CCCNC(=O)c1cn2c(n1)C(c1ccccc1)N(CC1CC1)CC2. The fourth-order valence-electron chi connectivity index (χ4n) is 3.62. The normalized spacial score (nSPS) is 20.3. The van der Waals surface area contributed by atoms with Crippen molar-refractivity contribution in [1.82, 2.24) is 19.8 Å². The molecule has 2 aromatic rings. The second-order valence-electron chi connectivity index (χ2n) is 7.19. The highest BCUT2D eigenvalue weighted by molar-refractivity contribution is 5.92. The second-order valence-corrected chi connectivity index (χ2v) is 7.19. The molecule has 0 spiro atoms. The number of hydrogen-bond acceptors (Lipinski definition) is 3. The number of carbonyl (C=O) groups excluding carboxylic acids is 1. The number of benzene rings is 1. The molecule has 1 saturated carbocycles. The largest absolute Gasteiger partial charge is 0.351 e. The summed E-state index contributed by atoms with van der Waals surface area (Å²) in [6.07, 6.45) is 5.54. The van der Waals surface area contributed by atoms with Gasteiger partial charge < -0.3 is 9.88 Å². The van der Waals surface area contributed by atoms with Crippen molar-refractivity contribution in [2.24, 2.45) is 5.92 Å². The van der Waals surface area contributed by atoms with Crippen LogP contribution in [-0.2, 0) is 6.54 Å². The predicted octanol–water partition coefficient (Wildman–Crippen LogP) is 2.84. The van der Waals surface area contributed by atoms with Crippen LogP contribution in [0.25, 0.3) is 0 Å². The fourth-order valence-corrected chi connectivity index (χ4v) is 3.62. The maximum absolute atomic E-state index is 12.3. The Bertz CT molecular complexity index is 735. The number of rotatable bonds is 6. The lowest BCUT2D eigenvalue weighted by Gasteiger charge is -2.36. The molecule has 1 fully saturated rings. The highest BCUT2D eigenvalue weighted by Crippen LogP contribution is 2.37. The molecular weight excluding hydrogens is 312 g/mol. The van der Waals surface area contributed by atoms with Gasteiger partial charge in [-0.05, 0) is 30.7 Å². The van der Waals surface area contributed by atoms with Crippen LogP contribution >= 0.6 is 0 Å². The minimum Gasteiger partial charge on any atom is -0.351 e. The third kappa shape index (κ3) is 3.47. The van der Waals surface area contributed by atoms with E-state index >= 15 is 0 Å². The van der Waals surface area contributed by atoms with Crippen molar-refractivity contribution >= 4 is 5.91 Å². The molecule has 5 heteroatoms. The quantitative estimate of drug-likeness (QED) is 0.881. The molecule has 2 aliphatic rings. The van der Waals surface area contributed by atoms with Gasteiger partial charge in [-0.1, -0.05) is 37.3 Å². The van der Waals surface area contributed by atoms with E-state index in [9.17, 15) is 4.79 Å². The highest BCUT2D eigenvalue weighted by Gasteiger charge is 2.35. The van der Waals surface area contributed by atoms with Gasteiger partial charge in [0.15, 0.2) is 0 Å². The van der Waals surface area contributed by atoms with Gasteiger partial charge in [-0.25, -0.2) is 4.98 Å². The van der Waals surface area contributed by atoms with E-state index in [-0.39, 0.29) is 11.9 Å². The first-order valence-corrected chi connectivity index (χ1v) is 9.40. The second kappa shape index (κ2) is 7.00. The third-order valence-electron chi connectivity index (χ3n) is 5.12. The van der Waals surface area contributed by atoms with E-state index in [0.29, 0.717) is 12.2 Å². The van der Waals surface area contributed by atoms with Crippen LogP contribution in [0.1, 0.15) is 54.1 Å². The maximum atomic E-state index is 12.3. The molecule has 4 rings (SSSR count). The van der Waals surface area contributed by atoms with Crippen molar-refractivity contribution in [3.8, 4) is 0 Å². The third-order valence-corrected chi connectivity index (χ3v) is 5.12. The van der Waals surface area contributed by atoms with Crippen molar-refractivity contribution in [2.75, 3.05) is 19.6 Å². The Morgan fingerprint density at radius 2 is 2.04 bits per heavy atom. The van der Waals surface area contributed by atoms with Gasteiger partial charge in [0.05, 0.1) is 6.04 Å². The summed E-state index contributed by atoms with van der Waals surface area (Å²) in [4.78, 5) is 19.6. The molecule has 1 N–H and O–H groups in total. The molecule has 25 heavy (non-hydrogen) atoms. The fraction of sp³-hybridized carbons (Fsp3) is 0.500. The lowest BCUT2D eigenvalue weighted by molar-refractivity contribution is 0.0949. The van der Waals surface area contributed by atoms with E-state index in [0.717, 1.165) is 37.8 Å². The number of nitrogens with one attached hydrogen (secondary N) is 1. The summed E-state index contributed by atoms with van der Waals surface area (Å²) in [5.41, 5.74) is 1.80. The Morgan fingerprint density at radius 3 is 2.76 bits per heavy atom. The van der Waals surface area contributed by atoms with E-state index in [1.54, 1.807) is 0 Å². The summed E-state index contributed by atoms with van der Waals surface area (Å²) in [5.74, 6) is 1.77. The zero-order valence-electron chi connectivity index (χ0n) is 14.8. The van der Waals surface area contributed by atoms with E-state index in [4.69, 9.17) is 4.98 Å². The molecule has 1 atom stereocenters. The lowest BCUT2D eigenvalue weighted by atomic mass is 10.0. The highest BCUT2D eigenvalue weighted by atomic mass is 16.1. The van der Waals surface area contributed by atoms with Gasteiger partial charge in [0, 0.05) is 32.4 Å². The first-order valence-electron chi connectivity index (χ1n) is 9.40. The number of nitrogens with zero attached hydrogens (tertiary/aromatic N) is 3. The Balaban J connectivity index is 1.66. The lowest BCUT2D eigenvalue weighted by Crippen LogP contribution is -2.40. The van der Waals surface area contributed by atoms with Crippen LogP contribution in [0.2, 0.25) is 0 Å². The number of fused-ring (bicyclic) bond motifs is 1. The summed E-state index contributed by atoms with van der Waals surface area (Å²) in [7, 11) is 0. The molecule has 0 bridgehead atoms. The number of imidazole rings is 1. The van der Waals surface area contributed by atoms with Crippen LogP contribution in [0.3, 0.4) is 0 Å². The van der Waals surface area contributed by atoms with E-state index in [1.807, 2.05) is 12.3 Å². The molecule has 2 heterocycles. The minimum absolute atomic E-state index is 0.0655. The molecule has 1 unspecified atom stereocenters. The van der Waals surface area contributed by atoms with E-state index in [2.05, 4.69) is 46.0 Å². The average molecular weight is 338 g/mol. The van der Waals surface area contributed by atoms with Gasteiger partial charge in [0.25, 0.3) is 5.91 Å². The van der Waals surface area contributed by atoms with Gasteiger partial charge in [0.2, 0.25) is 0 Å². The monoisotopic (exact) mass is 338 g/mol. The number of amides is 1. The van der Waals surface area contributed by atoms with Crippen LogP contribution in [0, 0.1) is 5.92 Å². The number of aromatic nitrogens is 2. The molecule has 132 valence electrons. The minimum atomic E-state index is -0.0655. The predicted molar refractivity (Wildman–Crippen MR) is 97.4 cm³/mol. The summed E-state index contributed by atoms with van der Waals surface area (Å²) in [5, 5.41) is 2.94. The Hall–Kier alpha value is -2.14. The smallest absolute Gasteiger partial charge is 0.271 e. The first-order chi connectivity index (χ1) is 12.3. The molecule has 1 aromatic carbocycles. The van der Waals surface area contributed by atoms with Gasteiger partial charge in [-0.3, -0.25) is 9.69 Å². The van der Waals surface area contributed by atoms with E-state index < -0.39 is 0 Å². The molecular formula is C20H26N4O. The summed E-state index contributed by atoms with van der Waals surface area (Å²) in [6, 6.07) is 10.7. The number of hydrogen-bond donors (Lipinski definition) is 1. The van der Waals surface area contributed by atoms with Crippen LogP contribution < -0.4 is 5.32 Å². The van der Waals surface area contributed by atoms with E-state index in [1.165, 1.54) is 18.4 Å². The Kier molecular flexibility index (Phi) is 4.57. The summed E-state index contributed by atoms with van der Waals surface area (Å²) >= 11 is 0. The van der Waals surface area contributed by atoms with Crippen molar-refractivity contribution in [3.63, 3.8) is 0 Å². The first kappa shape index (κ1) is 16.3. The molecule has 5 nitrogen and oxygen atoms in total. The topological polar surface area (TPSA) is 50.2 Å². The summed E-state index contributed by atoms with van der Waals surface area (Å²) in [6.45, 7) is 5.79. The molecule has 0 saturated heterocycles. The molecule has 0 radical (unpaired) electrons. The zero-order valence-corrected chi connectivity index (χ0v) is 14.8. The van der Waals surface area contributed by atoms with Crippen LogP contribution in [-0.4, -0.2) is 40.0 Å². The summed E-state index contributed by atoms with van der Waals surface area (Å²) < 4.78 is 2.17. The maximum Gasteiger partial charge on any atom is 0.271 e. The van der Waals surface area contributed by atoms with Crippen molar-refractivity contribution in [1.29, 1.82) is 0 Å².